The van der Waals surface area contributed by atoms with E-state index in [1.807, 2.05) is 43.1 Å². The summed E-state index contributed by atoms with van der Waals surface area (Å²) in [5.41, 5.74) is 0.549. The Morgan fingerprint density at radius 3 is 2.69 bits per heavy atom. The van der Waals surface area contributed by atoms with Crippen LogP contribution >= 0.6 is 23.4 Å². The summed E-state index contributed by atoms with van der Waals surface area (Å²) in [6.07, 6.45) is 2.39. The van der Waals surface area contributed by atoms with Gasteiger partial charge in [-0.1, -0.05) is 35.7 Å². The first-order valence-electron chi connectivity index (χ1n) is 10.1. The second-order valence-electron chi connectivity index (χ2n) is 7.94. The number of hydrogen-bond acceptors (Lipinski definition) is 8. The monoisotopic (exact) mass is 440 g/mol. The van der Waals surface area contributed by atoms with E-state index in [0.717, 1.165) is 36.4 Å². The van der Waals surface area contributed by atoms with E-state index in [1.165, 1.54) is 0 Å². The number of rotatable bonds is 8. The minimum Gasteiger partial charge on any atom is -0.390 e. The number of halogens is 1. The lowest BCUT2D eigenvalue weighted by atomic mass is 10.2. The Balaban J connectivity index is 1.54. The zero-order valence-electron chi connectivity index (χ0n) is 16.8. The van der Waals surface area contributed by atoms with Gasteiger partial charge in [-0.2, -0.15) is 0 Å². The molecule has 1 saturated carbocycles. The smallest absolute Gasteiger partial charge is 0.258 e. The van der Waals surface area contributed by atoms with Gasteiger partial charge >= 0.3 is 0 Å². The van der Waals surface area contributed by atoms with Crippen molar-refractivity contribution in [2.45, 2.75) is 56.6 Å². The Morgan fingerprint density at radius 2 is 2.03 bits per heavy atom. The van der Waals surface area contributed by atoms with Crippen molar-refractivity contribution in [3.63, 3.8) is 0 Å². The van der Waals surface area contributed by atoms with E-state index in [-0.39, 0.29) is 5.50 Å². The van der Waals surface area contributed by atoms with Gasteiger partial charge in [0.05, 0.1) is 5.60 Å². The van der Waals surface area contributed by atoms with E-state index in [4.69, 9.17) is 16.4 Å². The molecule has 29 heavy (non-hydrogen) atoms. The Labute approximate surface area is 181 Å². The van der Waals surface area contributed by atoms with Gasteiger partial charge in [-0.15, -0.1) is 11.8 Å². The summed E-state index contributed by atoms with van der Waals surface area (Å²) in [6.45, 7) is 3.28. The first kappa shape index (κ1) is 20.9. The van der Waals surface area contributed by atoms with Crippen LogP contribution in [-0.4, -0.2) is 61.9 Å². The molecule has 160 valence electrons. The molecule has 2 aliphatic heterocycles. The summed E-state index contributed by atoms with van der Waals surface area (Å²) in [7, 11) is 1.85. The fraction of sp³-hybridized carbons (Fsp3) is 0.600. The topological polar surface area (TPSA) is 71.4 Å². The lowest BCUT2D eigenvalue weighted by Crippen LogP contribution is -2.52. The predicted octanol–water partition coefficient (Wildman–Crippen LogP) is 2.67. The largest absolute Gasteiger partial charge is 0.390 e. The van der Waals surface area contributed by atoms with Crippen LogP contribution in [0.1, 0.15) is 38.2 Å². The van der Waals surface area contributed by atoms with Crippen molar-refractivity contribution in [1.82, 2.24) is 20.2 Å². The van der Waals surface area contributed by atoms with Gasteiger partial charge < -0.3 is 30.2 Å². The first-order chi connectivity index (χ1) is 13.9. The number of benzene rings is 1. The number of aliphatic hydroxyl groups excluding tert-OH is 1. The summed E-state index contributed by atoms with van der Waals surface area (Å²) in [6, 6.07) is 7.82. The molecule has 0 amide bonds. The standard InChI is InChI=1S/C20H29ClN4O3S/c1-3-12-29-18-22-16-17(24(18)13-14-4-6-15(21)7-5-14)28-25(19(26)23(16)2)11-10-20(27)8-9-20/h4-7,18-19,22,26-27H,3,8-13H2,1-2H3. The maximum absolute atomic E-state index is 10.7. The highest BCUT2D eigenvalue weighted by atomic mass is 35.5. The molecular weight excluding hydrogens is 412 g/mol. The molecule has 0 saturated heterocycles. The number of aliphatic hydroxyl groups is 2. The molecule has 0 spiro atoms. The molecule has 0 bridgehead atoms. The van der Waals surface area contributed by atoms with Crippen molar-refractivity contribution in [3.8, 4) is 0 Å². The minimum atomic E-state index is -0.907. The lowest BCUT2D eigenvalue weighted by Gasteiger charge is -2.39. The Hall–Kier alpha value is -1.32. The average Bonchev–Trinajstić information content (AvgIpc) is 3.35. The number of nitrogens with zero attached hydrogens (tertiary/aromatic N) is 3. The molecule has 7 nitrogen and oxygen atoms in total. The van der Waals surface area contributed by atoms with Gasteiger partial charge in [-0.3, -0.25) is 0 Å². The van der Waals surface area contributed by atoms with Crippen molar-refractivity contribution in [2.75, 3.05) is 19.3 Å². The normalized spacial score (nSPS) is 25.7. The zero-order valence-corrected chi connectivity index (χ0v) is 18.4. The Bertz CT molecular complexity index is 759. The van der Waals surface area contributed by atoms with E-state index < -0.39 is 12.0 Å². The highest BCUT2D eigenvalue weighted by Gasteiger charge is 2.45. The molecule has 3 aliphatic rings. The molecule has 1 aliphatic carbocycles. The number of hydroxylamine groups is 2. The first-order valence-corrected chi connectivity index (χ1v) is 11.5. The predicted molar refractivity (Wildman–Crippen MR) is 114 cm³/mol. The molecule has 2 unspecified atom stereocenters. The Morgan fingerprint density at radius 1 is 1.31 bits per heavy atom. The fourth-order valence-corrected chi connectivity index (χ4v) is 4.62. The summed E-state index contributed by atoms with van der Waals surface area (Å²) in [5.74, 6) is 2.49. The highest BCUT2D eigenvalue weighted by molar-refractivity contribution is 7.99. The third-order valence-corrected chi connectivity index (χ3v) is 7.12. The molecule has 9 heteroatoms. The molecular formula is C20H29ClN4O3S. The quantitative estimate of drug-likeness (QED) is 0.570. The van der Waals surface area contributed by atoms with Gasteiger partial charge in [0.1, 0.15) is 0 Å². The van der Waals surface area contributed by atoms with Gasteiger partial charge in [-0.05, 0) is 49.1 Å². The van der Waals surface area contributed by atoms with E-state index >= 15 is 0 Å². The molecule has 1 aromatic carbocycles. The molecule has 4 rings (SSSR count). The van der Waals surface area contributed by atoms with E-state index in [0.29, 0.717) is 30.4 Å². The molecule has 2 atom stereocenters. The van der Waals surface area contributed by atoms with Crippen LogP contribution in [0.25, 0.3) is 0 Å². The van der Waals surface area contributed by atoms with Crippen LogP contribution in [0.4, 0.5) is 0 Å². The maximum Gasteiger partial charge on any atom is 0.258 e. The van der Waals surface area contributed by atoms with Crippen LogP contribution in [0, 0.1) is 0 Å². The second-order valence-corrected chi connectivity index (χ2v) is 9.56. The lowest BCUT2D eigenvalue weighted by molar-refractivity contribution is -0.281. The van der Waals surface area contributed by atoms with Crippen molar-refractivity contribution < 1.29 is 15.1 Å². The van der Waals surface area contributed by atoms with Crippen LogP contribution in [0.5, 0.6) is 0 Å². The SMILES string of the molecule is CCCSC1NC2=C(ON(CCC3(O)CC3)C(O)N2C)N1Cc1ccc(Cl)cc1. The summed E-state index contributed by atoms with van der Waals surface area (Å²) >= 11 is 7.85. The van der Waals surface area contributed by atoms with Crippen molar-refractivity contribution in [3.05, 3.63) is 46.6 Å². The van der Waals surface area contributed by atoms with E-state index in [2.05, 4.69) is 17.1 Å². The third kappa shape index (κ3) is 4.56. The van der Waals surface area contributed by atoms with Crippen LogP contribution < -0.4 is 5.32 Å². The molecule has 1 aromatic rings. The maximum atomic E-state index is 10.7. The molecule has 3 N–H and O–H groups in total. The van der Waals surface area contributed by atoms with Crippen LogP contribution in [0.3, 0.4) is 0 Å². The van der Waals surface area contributed by atoms with Crippen LogP contribution in [-0.2, 0) is 11.4 Å². The number of thioether (sulfide) groups is 1. The highest BCUT2D eigenvalue weighted by Crippen LogP contribution is 2.40. The van der Waals surface area contributed by atoms with Gasteiger partial charge in [0, 0.05) is 25.2 Å². The van der Waals surface area contributed by atoms with E-state index in [1.54, 1.807) is 9.96 Å². The summed E-state index contributed by atoms with van der Waals surface area (Å²) in [5, 5.41) is 26.7. The van der Waals surface area contributed by atoms with Gasteiger partial charge in [0.15, 0.2) is 11.3 Å². The molecule has 1 fully saturated rings. The average molecular weight is 441 g/mol. The van der Waals surface area contributed by atoms with Crippen LogP contribution in [0.2, 0.25) is 5.02 Å². The van der Waals surface area contributed by atoms with Crippen LogP contribution in [0.15, 0.2) is 36.0 Å². The van der Waals surface area contributed by atoms with Crippen molar-refractivity contribution >= 4 is 23.4 Å². The van der Waals surface area contributed by atoms with Crippen molar-refractivity contribution in [1.29, 1.82) is 0 Å². The number of hydrogen-bond donors (Lipinski definition) is 3. The Kier molecular flexibility index (Phi) is 6.09. The minimum absolute atomic E-state index is 0.0119. The zero-order chi connectivity index (χ0) is 20.6. The summed E-state index contributed by atoms with van der Waals surface area (Å²) < 4.78 is 0. The van der Waals surface area contributed by atoms with Gasteiger partial charge in [0.2, 0.25) is 6.35 Å². The van der Waals surface area contributed by atoms with Crippen molar-refractivity contribution in [2.24, 2.45) is 0 Å². The molecule has 0 radical (unpaired) electrons. The van der Waals surface area contributed by atoms with Gasteiger partial charge in [0.25, 0.3) is 5.88 Å². The molecule has 0 aromatic heterocycles. The summed E-state index contributed by atoms with van der Waals surface area (Å²) in [4.78, 5) is 10.1. The second kappa shape index (κ2) is 8.43. The fourth-order valence-electron chi connectivity index (χ4n) is 3.49. The molecule has 2 heterocycles. The number of nitrogens with one attached hydrogen (secondary N) is 1. The van der Waals surface area contributed by atoms with E-state index in [9.17, 15) is 10.2 Å². The van der Waals surface area contributed by atoms with Gasteiger partial charge in [-0.25, -0.2) is 0 Å². The third-order valence-electron chi connectivity index (χ3n) is 5.54.